The molecule has 2 amide bonds. The van der Waals surface area contributed by atoms with Gasteiger partial charge in [-0.1, -0.05) is 6.42 Å². The van der Waals surface area contributed by atoms with Crippen LogP contribution < -0.4 is 11.1 Å². The van der Waals surface area contributed by atoms with Crippen LogP contribution in [0.3, 0.4) is 0 Å². The van der Waals surface area contributed by atoms with Crippen LogP contribution in [0.2, 0.25) is 0 Å². The Labute approximate surface area is 198 Å². The highest BCUT2D eigenvalue weighted by atomic mass is 32.2. The predicted molar refractivity (Wildman–Crippen MR) is 127 cm³/mol. The van der Waals surface area contributed by atoms with E-state index < -0.39 is 15.9 Å². The molecule has 4 rings (SSSR count). The monoisotopic (exact) mass is 484 g/mol. The van der Waals surface area contributed by atoms with Crippen molar-refractivity contribution in [2.75, 3.05) is 18.4 Å². The van der Waals surface area contributed by atoms with Crippen molar-refractivity contribution in [3.63, 3.8) is 0 Å². The van der Waals surface area contributed by atoms with Gasteiger partial charge in [-0.05, 0) is 62.9 Å². The molecule has 0 radical (unpaired) electrons. The maximum Gasteiger partial charge on any atom is 0.254 e. The minimum atomic E-state index is -3.51. The largest absolute Gasteiger partial charge is 0.365 e. The lowest BCUT2D eigenvalue weighted by molar-refractivity contribution is -0.116. The molecule has 1 aliphatic heterocycles. The van der Waals surface area contributed by atoms with Crippen molar-refractivity contribution in [1.82, 2.24) is 18.9 Å². The van der Waals surface area contributed by atoms with Gasteiger partial charge in [-0.25, -0.2) is 17.9 Å². The normalized spacial score (nSPS) is 14.9. The van der Waals surface area contributed by atoms with Gasteiger partial charge in [-0.3, -0.25) is 9.59 Å². The number of primary amides is 1. The van der Waals surface area contributed by atoms with Crippen LogP contribution in [0.1, 0.15) is 53.0 Å². The summed E-state index contributed by atoms with van der Waals surface area (Å²) in [6, 6.07) is 6.27. The molecular formula is C23H28N6O4S. The lowest BCUT2D eigenvalue weighted by atomic mass is 10.1. The minimum Gasteiger partial charge on any atom is -0.365 e. The number of nitrogens with zero attached hydrogens (tertiary/aromatic N) is 4. The fourth-order valence-corrected chi connectivity index (χ4v) is 5.79. The first-order chi connectivity index (χ1) is 16.2. The van der Waals surface area contributed by atoms with E-state index in [1.54, 1.807) is 16.6 Å². The minimum absolute atomic E-state index is 0.201. The number of hydrogen-bond donors (Lipinski definition) is 2. The number of benzene rings is 1. The highest BCUT2D eigenvalue weighted by Gasteiger charge is 2.25. The van der Waals surface area contributed by atoms with Gasteiger partial charge >= 0.3 is 0 Å². The molecule has 0 saturated carbocycles. The van der Waals surface area contributed by atoms with Crippen molar-refractivity contribution in [1.29, 1.82) is 0 Å². The van der Waals surface area contributed by atoms with E-state index in [1.807, 2.05) is 13.8 Å². The van der Waals surface area contributed by atoms with Crippen molar-refractivity contribution in [2.45, 2.75) is 50.8 Å². The highest BCUT2D eigenvalue weighted by molar-refractivity contribution is 7.89. The quantitative estimate of drug-likeness (QED) is 0.527. The van der Waals surface area contributed by atoms with Crippen molar-refractivity contribution in [2.24, 2.45) is 5.73 Å². The van der Waals surface area contributed by atoms with Crippen LogP contribution in [0.15, 0.2) is 35.4 Å². The van der Waals surface area contributed by atoms with Gasteiger partial charge in [0.1, 0.15) is 5.56 Å². The van der Waals surface area contributed by atoms with E-state index in [-0.39, 0.29) is 22.8 Å². The van der Waals surface area contributed by atoms with Crippen LogP contribution in [-0.2, 0) is 21.2 Å². The molecule has 180 valence electrons. The average Bonchev–Trinajstić information content (AvgIpc) is 3.24. The summed E-state index contributed by atoms with van der Waals surface area (Å²) in [5.41, 5.74) is 8.92. The van der Waals surface area contributed by atoms with Gasteiger partial charge in [-0.15, -0.1) is 0 Å². The molecular weight excluding hydrogens is 456 g/mol. The molecule has 1 saturated heterocycles. The number of sulfonamides is 1. The number of aromatic nitrogens is 3. The fraction of sp³-hybridized carbons (Fsp3) is 0.391. The Morgan fingerprint density at radius 1 is 1.09 bits per heavy atom. The second-order valence-electron chi connectivity index (χ2n) is 8.46. The summed E-state index contributed by atoms with van der Waals surface area (Å²) in [4.78, 5) is 28.8. The summed E-state index contributed by atoms with van der Waals surface area (Å²) < 4.78 is 28.6. The summed E-state index contributed by atoms with van der Waals surface area (Å²) in [6.07, 6.45) is 4.83. The number of nitrogens with one attached hydrogen (secondary N) is 1. The number of carbonyl (C=O) groups excluding carboxylic acids is 2. The molecule has 0 atom stereocenters. The van der Waals surface area contributed by atoms with Gasteiger partial charge in [0, 0.05) is 36.6 Å². The number of hydrogen-bond acceptors (Lipinski definition) is 6. The molecule has 1 aliphatic rings. The Kier molecular flexibility index (Phi) is 6.67. The summed E-state index contributed by atoms with van der Waals surface area (Å²) >= 11 is 0. The summed E-state index contributed by atoms with van der Waals surface area (Å²) in [7, 11) is -3.51. The molecule has 0 unspecified atom stereocenters. The number of carbonyl (C=O) groups is 2. The standard InChI is InChI=1S/C23H28N6O4S/c1-15-19(16(2)29-23(26-15)20(14-25-29)22(24)31)10-11-21(30)27-17-6-8-18(9-7-17)34(32,33)28-12-4-3-5-13-28/h6-9,14H,3-5,10-13H2,1-2H3,(H2,24,31)(H,27,30). The SMILES string of the molecule is Cc1nc2c(C(N)=O)cnn2c(C)c1CCC(=O)Nc1ccc(S(=O)(=O)N2CCCCC2)cc1. The smallest absolute Gasteiger partial charge is 0.254 e. The van der Waals surface area contributed by atoms with Crippen LogP contribution in [-0.4, -0.2) is 52.2 Å². The number of aryl methyl sites for hydroxylation is 2. The molecule has 1 fully saturated rings. The van der Waals surface area contributed by atoms with Crippen LogP contribution in [0.25, 0.3) is 5.65 Å². The zero-order chi connectivity index (χ0) is 24.5. The Hall–Kier alpha value is -3.31. The highest BCUT2D eigenvalue weighted by Crippen LogP contribution is 2.23. The number of amides is 2. The number of piperidine rings is 1. The molecule has 3 aromatic rings. The van der Waals surface area contributed by atoms with Gasteiger partial charge in [0.15, 0.2) is 5.65 Å². The Balaban J connectivity index is 1.41. The lowest BCUT2D eigenvalue weighted by Crippen LogP contribution is -2.35. The van der Waals surface area contributed by atoms with E-state index in [1.165, 1.54) is 22.6 Å². The van der Waals surface area contributed by atoms with Crippen molar-refractivity contribution in [3.05, 3.63) is 53.0 Å². The summed E-state index contributed by atoms with van der Waals surface area (Å²) in [6.45, 7) is 4.76. The second kappa shape index (κ2) is 9.51. The van der Waals surface area contributed by atoms with Crippen LogP contribution in [0.5, 0.6) is 0 Å². The van der Waals surface area contributed by atoms with E-state index in [0.717, 1.165) is 30.5 Å². The van der Waals surface area contributed by atoms with Gasteiger partial charge in [-0.2, -0.15) is 9.40 Å². The summed E-state index contributed by atoms with van der Waals surface area (Å²) in [5.74, 6) is -0.799. The molecule has 1 aromatic carbocycles. The Morgan fingerprint density at radius 3 is 2.41 bits per heavy atom. The van der Waals surface area contributed by atoms with Gasteiger partial charge < -0.3 is 11.1 Å². The molecule has 3 N–H and O–H groups in total. The van der Waals surface area contributed by atoms with Crippen molar-refractivity contribution in [3.8, 4) is 0 Å². The zero-order valence-corrected chi connectivity index (χ0v) is 20.1. The topological polar surface area (TPSA) is 140 Å². The van der Waals surface area contributed by atoms with E-state index in [9.17, 15) is 18.0 Å². The maximum absolute atomic E-state index is 12.8. The van der Waals surface area contributed by atoms with Gasteiger partial charge in [0.2, 0.25) is 15.9 Å². The molecule has 0 aliphatic carbocycles. The Bertz CT molecular complexity index is 1340. The number of nitrogens with two attached hydrogens (primary N) is 1. The molecule has 2 aromatic heterocycles. The van der Waals surface area contributed by atoms with Crippen LogP contribution in [0, 0.1) is 13.8 Å². The number of fused-ring (bicyclic) bond motifs is 1. The Morgan fingerprint density at radius 2 is 1.76 bits per heavy atom. The van der Waals surface area contributed by atoms with Gasteiger partial charge in [0.25, 0.3) is 5.91 Å². The molecule has 0 bridgehead atoms. The van der Waals surface area contributed by atoms with Crippen LogP contribution >= 0.6 is 0 Å². The third-order valence-electron chi connectivity index (χ3n) is 6.17. The maximum atomic E-state index is 12.8. The molecule has 10 nitrogen and oxygen atoms in total. The second-order valence-corrected chi connectivity index (χ2v) is 10.4. The lowest BCUT2D eigenvalue weighted by Gasteiger charge is -2.25. The fourth-order valence-electron chi connectivity index (χ4n) is 4.27. The van der Waals surface area contributed by atoms with E-state index in [4.69, 9.17) is 5.73 Å². The van der Waals surface area contributed by atoms with Crippen molar-refractivity contribution < 1.29 is 18.0 Å². The van der Waals surface area contributed by atoms with Gasteiger partial charge in [0.05, 0.1) is 11.1 Å². The third-order valence-corrected chi connectivity index (χ3v) is 8.08. The van der Waals surface area contributed by atoms with Crippen LogP contribution in [0.4, 0.5) is 5.69 Å². The van der Waals surface area contributed by atoms with E-state index in [2.05, 4.69) is 15.4 Å². The number of rotatable bonds is 7. The first-order valence-electron chi connectivity index (χ1n) is 11.2. The molecule has 3 heterocycles. The molecule has 11 heteroatoms. The van der Waals surface area contributed by atoms with E-state index in [0.29, 0.717) is 36.5 Å². The average molecular weight is 485 g/mol. The molecule has 0 spiro atoms. The van der Waals surface area contributed by atoms with E-state index >= 15 is 0 Å². The molecule has 34 heavy (non-hydrogen) atoms. The number of anilines is 1. The zero-order valence-electron chi connectivity index (χ0n) is 19.2. The first-order valence-corrected chi connectivity index (χ1v) is 12.7. The third kappa shape index (κ3) is 4.66. The summed E-state index contributed by atoms with van der Waals surface area (Å²) in [5, 5.41) is 7.01. The first kappa shape index (κ1) is 23.8. The predicted octanol–water partition coefficient (Wildman–Crippen LogP) is 2.19. The van der Waals surface area contributed by atoms with Crippen molar-refractivity contribution >= 4 is 33.2 Å².